The monoisotopic (exact) mass is 278 g/mol. The molecule has 110 valence electrons. The van der Waals surface area contributed by atoms with Gasteiger partial charge >= 0.3 is 6.09 Å². The van der Waals surface area contributed by atoms with E-state index in [-0.39, 0.29) is 12.2 Å². The van der Waals surface area contributed by atoms with Crippen LogP contribution in [0.4, 0.5) is 4.79 Å². The molecule has 5 heteroatoms. The van der Waals surface area contributed by atoms with E-state index in [0.717, 1.165) is 31.7 Å². The highest BCUT2D eigenvalue weighted by Crippen LogP contribution is 2.06. The number of nitrogens with zero attached hydrogens (tertiary/aromatic N) is 1. The molecule has 0 bridgehead atoms. The highest BCUT2D eigenvalue weighted by Gasteiger charge is 2.17. The van der Waals surface area contributed by atoms with Crippen molar-refractivity contribution in [2.24, 2.45) is 0 Å². The highest BCUT2D eigenvalue weighted by atomic mass is 16.5. The lowest BCUT2D eigenvalue weighted by atomic mass is 10.2. The molecule has 2 rings (SSSR count). The average Bonchev–Trinajstić information content (AvgIpc) is 2.46. The summed E-state index contributed by atoms with van der Waals surface area (Å²) in [4.78, 5) is 13.8. The number of hydrogen-bond donors (Lipinski definition) is 1. The number of likely N-dealkylation sites (N-methyl/N-ethyl adjacent to an activating group) is 1. The zero-order chi connectivity index (χ0) is 14.2. The van der Waals surface area contributed by atoms with E-state index >= 15 is 0 Å². The number of ether oxygens (including phenoxy) is 2. The molecule has 20 heavy (non-hydrogen) atoms. The molecular formula is C15H22N2O3. The summed E-state index contributed by atoms with van der Waals surface area (Å²) < 4.78 is 10.8. The fraction of sp³-hybridized carbons (Fsp3) is 0.533. The number of morpholine rings is 1. The smallest absolute Gasteiger partial charge is 0.407 e. The number of alkyl carbamates (subject to hydrolysis) is 1. The van der Waals surface area contributed by atoms with Gasteiger partial charge in [0.05, 0.1) is 12.7 Å². The molecule has 1 aromatic carbocycles. The Morgan fingerprint density at radius 1 is 1.45 bits per heavy atom. The van der Waals surface area contributed by atoms with Crippen molar-refractivity contribution in [3.63, 3.8) is 0 Å². The molecule has 0 aromatic heterocycles. The Bertz CT molecular complexity index is 411. The molecule has 0 aliphatic carbocycles. The number of carbonyl (C=O) groups is 1. The van der Waals surface area contributed by atoms with Crippen LogP contribution in [0.1, 0.15) is 12.0 Å². The third kappa shape index (κ3) is 5.19. The predicted octanol–water partition coefficient (Wildman–Crippen LogP) is 1.63. The third-order valence-electron chi connectivity index (χ3n) is 3.29. The quantitative estimate of drug-likeness (QED) is 0.889. The van der Waals surface area contributed by atoms with E-state index in [1.165, 1.54) is 0 Å². The van der Waals surface area contributed by atoms with E-state index in [2.05, 4.69) is 17.3 Å². The Kier molecular flexibility index (Phi) is 5.83. The number of hydrogen-bond acceptors (Lipinski definition) is 4. The Balaban J connectivity index is 1.58. The number of benzene rings is 1. The number of carbonyl (C=O) groups excluding carboxylic acids is 1. The Hall–Kier alpha value is -1.59. The van der Waals surface area contributed by atoms with Crippen molar-refractivity contribution in [2.45, 2.75) is 19.1 Å². The van der Waals surface area contributed by atoms with Crippen LogP contribution in [0.2, 0.25) is 0 Å². The van der Waals surface area contributed by atoms with Crippen LogP contribution in [0.25, 0.3) is 0 Å². The minimum absolute atomic E-state index is 0.197. The predicted molar refractivity (Wildman–Crippen MR) is 76.5 cm³/mol. The van der Waals surface area contributed by atoms with Gasteiger partial charge in [-0.15, -0.1) is 0 Å². The van der Waals surface area contributed by atoms with Gasteiger partial charge in [-0.05, 0) is 19.0 Å². The van der Waals surface area contributed by atoms with E-state index < -0.39 is 0 Å². The van der Waals surface area contributed by atoms with Crippen LogP contribution in [0.5, 0.6) is 0 Å². The molecule has 1 atom stereocenters. The summed E-state index contributed by atoms with van der Waals surface area (Å²) >= 11 is 0. The number of rotatable bonds is 5. The lowest BCUT2D eigenvalue weighted by Crippen LogP contribution is -2.41. The van der Waals surface area contributed by atoms with Gasteiger partial charge in [-0.3, -0.25) is 0 Å². The molecule has 0 radical (unpaired) electrons. The van der Waals surface area contributed by atoms with Gasteiger partial charge in [-0.2, -0.15) is 0 Å². The Morgan fingerprint density at radius 2 is 2.25 bits per heavy atom. The van der Waals surface area contributed by atoms with Crippen molar-refractivity contribution in [3.05, 3.63) is 35.9 Å². The Labute approximate surface area is 119 Å². The van der Waals surface area contributed by atoms with Gasteiger partial charge in [0.2, 0.25) is 0 Å². The van der Waals surface area contributed by atoms with Crippen molar-refractivity contribution in [3.8, 4) is 0 Å². The molecule has 1 aliphatic rings. The van der Waals surface area contributed by atoms with Crippen molar-refractivity contribution in [1.29, 1.82) is 0 Å². The molecule has 1 N–H and O–H groups in total. The molecule has 0 unspecified atom stereocenters. The van der Waals surface area contributed by atoms with Gasteiger partial charge < -0.3 is 19.7 Å². The lowest BCUT2D eigenvalue weighted by molar-refractivity contribution is -0.0227. The first-order valence-electron chi connectivity index (χ1n) is 6.99. The molecule has 0 spiro atoms. The van der Waals surface area contributed by atoms with E-state index in [9.17, 15) is 4.79 Å². The van der Waals surface area contributed by atoms with Crippen LogP contribution < -0.4 is 5.32 Å². The molecule has 5 nitrogen and oxygen atoms in total. The van der Waals surface area contributed by atoms with Gasteiger partial charge in [-0.1, -0.05) is 30.3 Å². The van der Waals surface area contributed by atoms with Crippen LogP contribution in [-0.2, 0) is 16.1 Å². The molecule has 0 saturated carbocycles. The first-order chi connectivity index (χ1) is 9.74. The third-order valence-corrected chi connectivity index (χ3v) is 3.29. The van der Waals surface area contributed by atoms with Crippen LogP contribution in [0, 0.1) is 0 Å². The largest absolute Gasteiger partial charge is 0.445 e. The minimum Gasteiger partial charge on any atom is -0.445 e. The zero-order valence-corrected chi connectivity index (χ0v) is 11.9. The zero-order valence-electron chi connectivity index (χ0n) is 11.9. The molecule has 1 fully saturated rings. The normalized spacial score (nSPS) is 19.6. The van der Waals surface area contributed by atoms with Gasteiger partial charge in [-0.25, -0.2) is 4.79 Å². The van der Waals surface area contributed by atoms with E-state index in [4.69, 9.17) is 9.47 Å². The van der Waals surface area contributed by atoms with Gasteiger partial charge in [0.25, 0.3) is 0 Å². The molecular weight excluding hydrogens is 256 g/mol. The summed E-state index contributed by atoms with van der Waals surface area (Å²) in [7, 11) is 2.08. The maximum absolute atomic E-state index is 11.5. The van der Waals surface area contributed by atoms with E-state index in [1.54, 1.807) is 0 Å². The standard InChI is InChI=1S/C15H22N2O3/c1-17-9-10-19-14(11-17)7-8-16-15(18)20-12-13-5-3-2-4-6-13/h2-6,14H,7-12H2,1H3,(H,16,18)/t14-/m1/s1. The summed E-state index contributed by atoms with van der Waals surface area (Å²) in [6.45, 7) is 3.53. The average molecular weight is 278 g/mol. The summed E-state index contributed by atoms with van der Waals surface area (Å²) in [5.41, 5.74) is 0.986. The summed E-state index contributed by atoms with van der Waals surface area (Å²) in [6, 6.07) is 9.64. The van der Waals surface area contributed by atoms with Crippen LogP contribution >= 0.6 is 0 Å². The van der Waals surface area contributed by atoms with Crippen molar-refractivity contribution in [2.75, 3.05) is 33.3 Å². The SMILES string of the molecule is CN1CCO[C@H](CCNC(=O)OCc2ccccc2)C1. The summed E-state index contributed by atoms with van der Waals surface area (Å²) in [5.74, 6) is 0. The van der Waals surface area contributed by atoms with Crippen molar-refractivity contribution in [1.82, 2.24) is 10.2 Å². The van der Waals surface area contributed by atoms with Gasteiger partial charge in [0, 0.05) is 19.6 Å². The van der Waals surface area contributed by atoms with Crippen molar-refractivity contribution < 1.29 is 14.3 Å². The maximum Gasteiger partial charge on any atom is 0.407 e. The Morgan fingerprint density at radius 3 is 3.00 bits per heavy atom. The molecule has 1 saturated heterocycles. The first kappa shape index (κ1) is 14.8. The maximum atomic E-state index is 11.5. The summed E-state index contributed by atoms with van der Waals surface area (Å²) in [6.07, 6.45) is 0.631. The summed E-state index contributed by atoms with van der Waals surface area (Å²) in [5, 5.41) is 2.76. The van der Waals surface area contributed by atoms with Crippen molar-refractivity contribution >= 4 is 6.09 Å². The molecule has 1 amide bonds. The minimum atomic E-state index is -0.377. The second kappa shape index (κ2) is 7.87. The number of amides is 1. The van der Waals surface area contributed by atoms with Crippen LogP contribution in [-0.4, -0.2) is 50.4 Å². The van der Waals surface area contributed by atoms with E-state index in [1.807, 2.05) is 30.3 Å². The molecule has 1 aliphatic heterocycles. The topological polar surface area (TPSA) is 50.8 Å². The molecule has 1 aromatic rings. The molecule has 1 heterocycles. The lowest BCUT2D eigenvalue weighted by Gasteiger charge is -2.29. The fourth-order valence-electron chi connectivity index (χ4n) is 2.15. The first-order valence-corrected chi connectivity index (χ1v) is 6.99. The van der Waals surface area contributed by atoms with Gasteiger partial charge in [0.15, 0.2) is 0 Å². The fourth-order valence-corrected chi connectivity index (χ4v) is 2.15. The second-order valence-corrected chi connectivity index (χ2v) is 5.03. The van der Waals surface area contributed by atoms with Crippen LogP contribution in [0.15, 0.2) is 30.3 Å². The number of nitrogens with one attached hydrogen (secondary N) is 1. The van der Waals surface area contributed by atoms with E-state index in [0.29, 0.717) is 13.2 Å². The highest BCUT2D eigenvalue weighted by molar-refractivity contribution is 5.67. The van der Waals surface area contributed by atoms with Crippen LogP contribution in [0.3, 0.4) is 0 Å². The second-order valence-electron chi connectivity index (χ2n) is 5.03. The van der Waals surface area contributed by atoms with Gasteiger partial charge in [0.1, 0.15) is 6.61 Å².